The number of carbonyl (C=O) groups is 2. The molecule has 1 saturated heterocycles. The molecular weight excluding hydrogens is 330 g/mol. The number of fused-ring (bicyclic) bond motifs is 1. The van der Waals surface area contributed by atoms with Crippen LogP contribution >= 0.6 is 0 Å². The lowest BCUT2D eigenvalue weighted by atomic mass is 10.2. The Labute approximate surface area is 142 Å². The molecule has 134 valence electrons. The number of hydrogen-bond acceptors (Lipinski definition) is 6. The summed E-state index contributed by atoms with van der Waals surface area (Å²) in [6.45, 7) is 3.50. The van der Waals surface area contributed by atoms with Crippen LogP contribution in [0, 0.1) is 0 Å². The van der Waals surface area contributed by atoms with Crippen molar-refractivity contribution in [3.8, 4) is 0 Å². The predicted octanol–water partition coefficient (Wildman–Crippen LogP) is 0.609. The predicted molar refractivity (Wildman–Crippen MR) is 88.6 cm³/mol. The standard InChI is InChI=1S/C16H19N3O6/c1-9(2)19-12-4-3-10(5-13(12)25-16(19)23)18-7-11(24-15(18)22)6-17-14(21)8-20/h3-5,9,11,20H,6-8H2,1-2H3,(H,17,21)/t11-/m0/s1. The first-order valence-corrected chi connectivity index (χ1v) is 7.91. The first-order valence-electron chi connectivity index (χ1n) is 7.91. The maximum absolute atomic E-state index is 12.1. The minimum Gasteiger partial charge on any atom is -0.442 e. The van der Waals surface area contributed by atoms with Gasteiger partial charge in [-0.2, -0.15) is 0 Å². The number of aromatic nitrogens is 1. The number of hydrogen-bond donors (Lipinski definition) is 2. The summed E-state index contributed by atoms with van der Waals surface area (Å²) < 4.78 is 12.0. The van der Waals surface area contributed by atoms with Gasteiger partial charge in [0.2, 0.25) is 5.91 Å². The first kappa shape index (κ1) is 17.0. The van der Waals surface area contributed by atoms with Crippen LogP contribution in [0.5, 0.6) is 0 Å². The number of rotatable bonds is 5. The van der Waals surface area contributed by atoms with Crippen LogP contribution in [-0.2, 0) is 9.53 Å². The lowest BCUT2D eigenvalue weighted by Gasteiger charge is -2.13. The number of benzene rings is 1. The zero-order valence-corrected chi connectivity index (χ0v) is 13.9. The van der Waals surface area contributed by atoms with Gasteiger partial charge >= 0.3 is 11.8 Å². The van der Waals surface area contributed by atoms with Crippen LogP contribution in [0.25, 0.3) is 11.1 Å². The van der Waals surface area contributed by atoms with E-state index in [1.807, 2.05) is 13.8 Å². The fourth-order valence-corrected chi connectivity index (χ4v) is 2.80. The van der Waals surface area contributed by atoms with E-state index >= 15 is 0 Å². The Morgan fingerprint density at radius 1 is 1.40 bits per heavy atom. The van der Waals surface area contributed by atoms with Crippen molar-refractivity contribution >= 4 is 28.8 Å². The van der Waals surface area contributed by atoms with Crippen LogP contribution in [0.3, 0.4) is 0 Å². The smallest absolute Gasteiger partial charge is 0.420 e. The van der Waals surface area contributed by atoms with Crippen molar-refractivity contribution in [2.75, 3.05) is 24.6 Å². The molecule has 0 unspecified atom stereocenters. The molecule has 1 fully saturated rings. The zero-order valence-electron chi connectivity index (χ0n) is 13.9. The molecule has 2 amide bonds. The van der Waals surface area contributed by atoms with Gasteiger partial charge in [0.05, 0.1) is 24.3 Å². The minimum absolute atomic E-state index is 0.0455. The number of ether oxygens (including phenoxy) is 1. The number of nitrogens with one attached hydrogen (secondary N) is 1. The molecule has 1 aliphatic rings. The molecule has 0 radical (unpaired) electrons. The normalized spacial score (nSPS) is 17.4. The number of amides is 2. The van der Waals surface area contributed by atoms with Crippen LogP contribution in [0.4, 0.5) is 10.5 Å². The third-order valence-electron chi connectivity index (χ3n) is 3.97. The summed E-state index contributed by atoms with van der Waals surface area (Å²) in [5.41, 5.74) is 1.59. The van der Waals surface area contributed by atoms with Gasteiger partial charge in [-0.05, 0) is 26.0 Å². The van der Waals surface area contributed by atoms with Crippen LogP contribution in [0.1, 0.15) is 19.9 Å². The quantitative estimate of drug-likeness (QED) is 0.817. The summed E-state index contributed by atoms with van der Waals surface area (Å²) in [5, 5.41) is 11.2. The van der Waals surface area contributed by atoms with E-state index in [1.165, 1.54) is 9.47 Å². The second-order valence-corrected chi connectivity index (χ2v) is 6.06. The van der Waals surface area contributed by atoms with E-state index in [0.717, 1.165) is 0 Å². The molecule has 2 heterocycles. The van der Waals surface area contributed by atoms with Crippen molar-refractivity contribution < 1.29 is 23.8 Å². The van der Waals surface area contributed by atoms with Crippen molar-refractivity contribution in [1.29, 1.82) is 0 Å². The Hall–Kier alpha value is -2.81. The maximum Gasteiger partial charge on any atom is 0.420 e. The third kappa shape index (κ3) is 3.22. The number of carbonyl (C=O) groups excluding carboxylic acids is 2. The molecule has 0 spiro atoms. The van der Waals surface area contributed by atoms with Gasteiger partial charge in [-0.15, -0.1) is 0 Å². The molecule has 1 aromatic heterocycles. The molecule has 9 nitrogen and oxygen atoms in total. The summed E-state index contributed by atoms with van der Waals surface area (Å²) in [6.07, 6.45) is -1.07. The molecule has 0 bridgehead atoms. The van der Waals surface area contributed by atoms with E-state index < -0.39 is 30.5 Å². The molecular formula is C16H19N3O6. The average molecular weight is 349 g/mol. The van der Waals surface area contributed by atoms with Gasteiger partial charge in [0, 0.05) is 12.1 Å². The minimum atomic E-state index is -0.618. The second-order valence-electron chi connectivity index (χ2n) is 6.06. The Morgan fingerprint density at radius 2 is 2.16 bits per heavy atom. The first-order chi connectivity index (χ1) is 11.9. The van der Waals surface area contributed by atoms with E-state index in [4.69, 9.17) is 14.3 Å². The van der Waals surface area contributed by atoms with E-state index in [-0.39, 0.29) is 19.1 Å². The monoisotopic (exact) mass is 349 g/mol. The highest BCUT2D eigenvalue weighted by Crippen LogP contribution is 2.26. The Bertz CT molecular complexity index is 868. The van der Waals surface area contributed by atoms with Gasteiger partial charge < -0.3 is 19.6 Å². The van der Waals surface area contributed by atoms with Gasteiger partial charge in [-0.25, -0.2) is 9.59 Å². The highest BCUT2D eigenvalue weighted by atomic mass is 16.6. The van der Waals surface area contributed by atoms with Crippen LogP contribution in [0.15, 0.2) is 27.4 Å². The molecule has 9 heteroatoms. The lowest BCUT2D eigenvalue weighted by Crippen LogP contribution is -2.35. The average Bonchev–Trinajstić information content (AvgIpc) is 3.10. The van der Waals surface area contributed by atoms with Crippen LogP contribution in [0.2, 0.25) is 0 Å². The summed E-state index contributed by atoms with van der Waals surface area (Å²) in [5.74, 6) is -0.983. The Balaban J connectivity index is 1.81. The number of oxazole rings is 1. The van der Waals surface area contributed by atoms with E-state index in [0.29, 0.717) is 16.8 Å². The summed E-state index contributed by atoms with van der Waals surface area (Å²) in [4.78, 5) is 36.5. The number of aliphatic hydroxyl groups excluding tert-OH is 1. The van der Waals surface area contributed by atoms with Gasteiger partial charge in [0.1, 0.15) is 12.7 Å². The van der Waals surface area contributed by atoms with E-state index in [9.17, 15) is 14.4 Å². The molecule has 2 N–H and O–H groups in total. The number of nitrogens with zero attached hydrogens (tertiary/aromatic N) is 2. The van der Waals surface area contributed by atoms with Crippen LogP contribution in [-0.4, -0.2) is 47.5 Å². The molecule has 0 saturated carbocycles. The summed E-state index contributed by atoms with van der Waals surface area (Å²) >= 11 is 0. The topological polar surface area (TPSA) is 114 Å². The lowest BCUT2D eigenvalue weighted by molar-refractivity contribution is -0.124. The second kappa shape index (κ2) is 6.60. The number of anilines is 1. The fourth-order valence-electron chi connectivity index (χ4n) is 2.80. The fraction of sp³-hybridized carbons (Fsp3) is 0.438. The molecule has 2 aromatic rings. The van der Waals surface area contributed by atoms with Gasteiger partial charge in [-0.1, -0.05) is 0 Å². The Morgan fingerprint density at radius 3 is 2.84 bits per heavy atom. The molecule has 1 atom stereocenters. The van der Waals surface area contributed by atoms with Gasteiger partial charge in [0.25, 0.3) is 0 Å². The van der Waals surface area contributed by atoms with E-state index in [2.05, 4.69) is 5.32 Å². The zero-order chi connectivity index (χ0) is 18.1. The Kier molecular flexibility index (Phi) is 4.49. The largest absolute Gasteiger partial charge is 0.442 e. The van der Waals surface area contributed by atoms with Crippen molar-refractivity contribution in [2.24, 2.45) is 0 Å². The van der Waals surface area contributed by atoms with Crippen molar-refractivity contribution in [3.63, 3.8) is 0 Å². The number of cyclic esters (lactones) is 1. The van der Waals surface area contributed by atoms with Crippen LogP contribution < -0.4 is 16.0 Å². The highest BCUT2D eigenvalue weighted by molar-refractivity contribution is 5.92. The number of aliphatic hydroxyl groups is 1. The van der Waals surface area contributed by atoms with Crippen molar-refractivity contribution in [2.45, 2.75) is 26.0 Å². The van der Waals surface area contributed by atoms with E-state index in [1.54, 1.807) is 18.2 Å². The van der Waals surface area contributed by atoms with Gasteiger partial charge in [-0.3, -0.25) is 14.3 Å². The molecule has 0 aliphatic carbocycles. The van der Waals surface area contributed by atoms with Crippen molar-refractivity contribution in [3.05, 3.63) is 28.7 Å². The molecule has 25 heavy (non-hydrogen) atoms. The highest BCUT2D eigenvalue weighted by Gasteiger charge is 2.33. The van der Waals surface area contributed by atoms with Crippen molar-refractivity contribution in [1.82, 2.24) is 9.88 Å². The SMILES string of the molecule is CC(C)n1c(=O)oc2cc(N3C[C@H](CNC(=O)CO)OC3=O)ccc21. The summed E-state index contributed by atoms with van der Waals surface area (Å²) in [6, 6.07) is 5.01. The van der Waals surface area contributed by atoms with Gasteiger partial charge in [0.15, 0.2) is 5.58 Å². The third-order valence-corrected chi connectivity index (χ3v) is 3.97. The maximum atomic E-state index is 12.1. The molecule has 1 aromatic carbocycles. The molecule has 3 rings (SSSR count). The molecule has 1 aliphatic heterocycles. The summed E-state index contributed by atoms with van der Waals surface area (Å²) in [7, 11) is 0.